The van der Waals surface area contributed by atoms with Crippen LogP contribution in [0.4, 0.5) is 4.79 Å². The molecule has 1 aromatic rings. The zero-order valence-corrected chi connectivity index (χ0v) is 14.2. The summed E-state index contributed by atoms with van der Waals surface area (Å²) in [6, 6.07) is 2.41. The van der Waals surface area contributed by atoms with E-state index in [0.717, 1.165) is 52.0 Å². The highest BCUT2D eigenvalue weighted by Crippen LogP contribution is 2.39. The van der Waals surface area contributed by atoms with Gasteiger partial charge in [0.05, 0.1) is 0 Å². The van der Waals surface area contributed by atoms with Crippen molar-refractivity contribution in [3.63, 3.8) is 0 Å². The molecule has 1 spiro atoms. The Hall–Kier alpha value is -1.07. The lowest BCUT2D eigenvalue weighted by molar-refractivity contribution is -0.0187. The molecule has 22 heavy (non-hydrogen) atoms. The van der Waals surface area contributed by atoms with Crippen LogP contribution in [0, 0.1) is 5.41 Å². The summed E-state index contributed by atoms with van der Waals surface area (Å²) in [4.78, 5) is 14.6. The maximum Gasteiger partial charge on any atom is 0.317 e. The molecule has 0 aromatic carbocycles. The Balaban J connectivity index is 1.52. The Bertz CT molecular complexity index is 477. The van der Waals surface area contributed by atoms with Gasteiger partial charge >= 0.3 is 6.03 Å². The largest absolute Gasteiger partial charge is 0.381 e. The Morgan fingerprint density at radius 1 is 1.45 bits per heavy atom. The molecule has 2 aliphatic rings. The quantitative estimate of drug-likeness (QED) is 0.928. The topological polar surface area (TPSA) is 41.6 Å². The van der Waals surface area contributed by atoms with Gasteiger partial charge in [0.2, 0.25) is 0 Å². The molecule has 2 aliphatic heterocycles. The summed E-state index contributed by atoms with van der Waals surface area (Å²) in [5.41, 5.74) is 1.61. The maximum absolute atomic E-state index is 12.5. The average molecular weight is 322 g/mol. The predicted octanol–water partition coefficient (Wildman–Crippen LogP) is 3.28. The number of carbonyl (C=O) groups excluding carboxylic acids is 1. The van der Waals surface area contributed by atoms with E-state index in [1.165, 1.54) is 12.0 Å². The number of likely N-dealkylation sites (tertiary alicyclic amines) is 1. The van der Waals surface area contributed by atoms with Crippen LogP contribution in [-0.4, -0.2) is 43.3 Å². The number of hydrogen-bond donors (Lipinski definition) is 1. The van der Waals surface area contributed by atoms with Crippen molar-refractivity contribution in [2.75, 3.05) is 26.3 Å². The number of hydrogen-bond acceptors (Lipinski definition) is 3. The van der Waals surface area contributed by atoms with E-state index in [-0.39, 0.29) is 12.1 Å². The van der Waals surface area contributed by atoms with Crippen LogP contribution in [0.1, 0.15) is 38.2 Å². The van der Waals surface area contributed by atoms with Crippen LogP contribution in [0.15, 0.2) is 16.8 Å². The molecular formula is C17H26N2O2S. The van der Waals surface area contributed by atoms with Gasteiger partial charge in [-0.1, -0.05) is 0 Å². The molecule has 3 heterocycles. The van der Waals surface area contributed by atoms with Crippen molar-refractivity contribution in [2.45, 2.75) is 45.1 Å². The summed E-state index contributed by atoms with van der Waals surface area (Å²) in [6.07, 6.45) is 5.46. The van der Waals surface area contributed by atoms with Crippen LogP contribution in [0.3, 0.4) is 0 Å². The molecule has 0 unspecified atom stereocenters. The zero-order chi connectivity index (χ0) is 15.4. The van der Waals surface area contributed by atoms with Gasteiger partial charge in [-0.05, 0) is 66.8 Å². The fourth-order valence-electron chi connectivity index (χ4n) is 3.71. The molecular weight excluding hydrogens is 296 g/mol. The van der Waals surface area contributed by atoms with Crippen molar-refractivity contribution >= 4 is 17.4 Å². The number of carbonyl (C=O) groups is 1. The molecule has 0 bridgehead atoms. The van der Waals surface area contributed by atoms with E-state index in [2.05, 4.69) is 29.1 Å². The lowest BCUT2D eigenvalue weighted by atomic mass is 9.74. The van der Waals surface area contributed by atoms with Crippen molar-refractivity contribution in [1.29, 1.82) is 0 Å². The number of amides is 2. The minimum Gasteiger partial charge on any atom is -0.381 e. The van der Waals surface area contributed by atoms with E-state index < -0.39 is 0 Å². The lowest BCUT2D eigenvalue weighted by Gasteiger charge is -2.45. The van der Waals surface area contributed by atoms with Gasteiger partial charge in [0.15, 0.2) is 0 Å². The second-order valence-electron chi connectivity index (χ2n) is 6.82. The number of ether oxygens (including phenoxy) is 1. The molecule has 2 fully saturated rings. The first-order valence-electron chi connectivity index (χ1n) is 8.31. The average Bonchev–Trinajstić information content (AvgIpc) is 3.01. The van der Waals surface area contributed by atoms with E-state index in [1.807, 2.05) is 4.90 Å². The number of urea groups is 1. The minimum atomic E-state index is 0.105. The normalized spacial score (nSPS) is 22.5. The SMILES string of the molecule is C[C@H](Cc1ccsc1)NC(=O)N1CCCC2(CCOCC2)C1. The van der Waals surface area contributed by atoms with Crippen molar-refractivity contribution in [2.24, 2.45) is 5.41 Å². The van der Waals surface area contributed by atoms with E-state index in [0.29, 0.717) is 5.41 Å². The van der Waals surface area contributed by atoms with Crippen LogP contribution >= 0.6 is 11.3 Å². The third-order valence-corrected chi connectivity index (χ3v) is 5.73. The molecule has 1 aromatic heterocycles. The molecule has 1 atom stereocenters. The Kier molecular flexibility index (Phi) is 5.03. The third kappa shape index (κ3) is 3.82. The van der Waals surface area contributed by atoms with Gasteiger partial charge in [-0.25, -0.2) is 4.79 Å². The minimum absolute atomic E-state index is 0.105. The number of thiophene rings is 1. The van der Waals surface area contributed by atoms with Gasteiger partial charge in [0.25, 0.3) is 0 Å². The van der Waals surface area contributed by atoms with Crippen LogP contribution in [-0.2, 0) is 11.2 Å². The first kappa shape index (κ1) is 15.8. The molecule has 0 aliphatic carbocycles. The number of piperidine rings is 1. The van der Waals surface area contributed by atoms with Gasteiger partial charge in [-0.15, -0.1) is 0 Å². The Labute approximate surface area is 136 Å². The molecule has 3 rings (SSSR count). The van der Waals surface area contributed by atoms with Crippen molar-refractivity contribution in [3.05, 3.63) is 22.4 Å². The van der Waals surface area contributed by atoms with E-state index in [4.69, 9.17) is 4.74 Å². The first-order chi connectivity index (χ1) is 10.7. The van der Waals surface area contributed by atoms with Gasteiger partial charge < -0.3 is 15.0 Å². The summed E-state index contributed by atoms with van der Waals surface area (Å²) in [5, 5.41) is 7.41. The fraction of sp³-hybridized carbons (Fsp3) is 0.706. The highest BCUT2D eigenvalue weighted by molar-refractivity contribution is 7.07. The number of rotatable bonds is 3. The Morgan fingerprint density at radius 2 is 2.27 bits per heavy atom. The highest BCUT2D eigenvalue weighted by Gasteiger charge is 2.38. The summed E-state index contributed by atoms with van der Waals surface area (Å²) in [7, 11) is 0. The first-order valence-corrected chi connectivity index (χ1v) is 9.25. The maximum atomic E-state index is 12.5. The predicted molar refractivity (Wildman–Crippen MR) is 89.3 cm³/mol. The standard InChI is InChI=1S/C17H26N2O2S/c1-14(11-15-3-10-22-12-15)18-16(20)19-7-2-4-17(13-19)5-8-21-9-6-17/h3,10,12,14H,2,4-9,11,13H2,1H3,(H,18,20)/t14-/m1/s1. The third-order valence-electron chi connectivity index (χ3n) is 4.99. The number of nitrogens with zero attached hydrogens (tertiary/aromatic N) is 1. The summed E-state index contributed by atoms with van der Waals surface area (Å²) in [6.45, 7) is 5.57. The van der Waals surface area contributed by atoms with Gasteiger partial charge in [0, 0.05) is 32.3 Å². The molecule has 2 amide bonds. The zero-order valence-electron chi connectivity index (χ0n) is 13.3. The lowest BCUT2D eigenvalue weighted by Crippen LogP contribution is -2.53. The monoisotopic (exact) mass is 322 g/mol. The van der Waals surface area contributed by atoms with Gasteiger partial charge in [-0.3, -0.25) is 0 Å². The second kappa shape index (κ2) is 7.01. The van der Waals surface area contributed by atoms with Crippen molar-refractivity contribution in [1.82, 2.24) is 10.2 Å². The van der Waals surface area contributed by atoms with E-state index >= 15 is 0 Å². The van der Waals surface area contributed by atoms with Crippen LogP contribution < -0.4 is 5.32 Å². The summed E-state index contributed by atoms with van der Waals surface area (Å²) in [5.74, 6) is 0. The molecule has 1 N–H and O–H groups in total. The van der Waals surface area contributed by atoms with Gasteiger partial charge in [0.1, 0.15) is 0 Å². The molecule has 2 saturated heterocycles. The Morgan fingerprint density at radius 3 is 3.00 bits per heavy atom. The summed E-state index contributed by atoms with van der Waals surface area (Å²) < 4.78 is 5.50. The van der Waals surface area contributed by atoms with E-state index in [1.54, 1.807) is 11.3 Å². The highest BCUT2D eigenvalue weighted by atomic mass is 32.1. The van der Waals surface area contributed by atoms with Crippen molar-refractivity contribution < 1.29 is 9.53 Å². The number of nitrogens with one attached hydrogen (secondary N) is 1. The second-order valence-corrected chi connectivity index (χ2v) is 7.60. The van der Waals surface area contributed by atoms with Crippen LogP contribution in [0.2, 0.25) is 0 Å². The van der Waals surface area contributed by atoms with Crippen LogP contribution in [0.25, 0.3) is 0 Å². The fourth-order valence-corrected chi connectivity index (χ4v) is 4.39. The molecule has 122 valence electrons. The van der Waals surface area contributed by atoms with Crippen LogP contribution in [0.5, 0.6) is 0 Å². The molecule has 5 heteroatoms. The summed E-state index contributed by atoms with van der Waals surface area (Å²) >= 11 is 1.71. The smallest absolute Gasteiger partial charge is 0.317 e. The van der Waals surface area contributed by atoms with Gasteiger partial charge in [-0.2, -0.15) is 11.3 Å². The molecule has 0 radical (unpaired) electrons. The van der Waals surface area contributed by atoms with E-state index in [9.17, 15) is 4.79 Å². The molecule has 0 saturated carbocycles. The van der Waals surface area contributed by atoms with Crippen molar-refractivity contribution in [3.8, 4) is 0 Å². The molecule has 4 nitrogen and oxygen atoms in total.